The van der Waals surface area contributed by atoms with Crippen molar-refractivity contribution in [1.29, 1.82) is 0 Å². The van der Waals surface area contributed by atoms with Crippen LogP contribution < -0.4 is 10.6 Å². The third kappa shape index (κ3) is 2.48. The second kappa shape index (κ2) is 3.90. The van der Waals surface area contributed by atoms with Crippen molar-refractivity contribution in [2.24, 2.45) is 0 Å². The summed E-state index contributed by atoms with van der Waals surface area (Å²) in [6.45, 7) is 4.71. The van der Waals surface area contributed by atoms with Crippen LogP contribution in [0, 0.1) is 0 Å². The Morgan fingerprint density at radius 3 is 2.75 bits per heavy atom. The summed E-state index contributed by atoms with van der Waals surface area (Å²) in [5.41, 5.74) is -0.133. The lowest BCUT2D eigenvalue weighted by Crippen LogP contribution is -2.46. The summed E-state index contributed by atoms with van der Waals surface area (Å²) >= 11 is 0. The molecule has 1 fully saturated rings. The average Bonchev–Trinajstić information content (AvgIpc) is 2.32. The molecule has 0 radical (unpaired) electrons. The number of amides is 1. The van der Waals surface area contributed by atoms with E-state index in [1.807, 2.05) is 6.92 Å². The predicted molar refractivity (Wildman–Crippen MR) is 48.7 cm³/mol. The van der Waals surface area contributed by atoms with Gasteiger partial charge in [-0.15, -0.1) is 0 Å². The van der Waals surface area contributed by atoms with E-state index in [4.69, 9.17) is 0 Å². The second-order valence-electron chi connectivity index (χ2n) is 3.69. The van der Waals surface area contributed by atoms with Gasteiger partial charge in [-0.25, -0.2) is 0 Å². The highest BCUT2D eigenvalue weighted by Crippen LogP contribution is 2.14. The molecule has 0 aromatic carbocycles. The molecular weight excluding hydrogens is 152 g/mol. The third-order valence-electron chi connectivity index (χ3n) is 2.33. The van der Waals surface area contributed by atoms with Crippen LogP contribution in [0.3, 0.4) is 0 Å². The van der Waals surface area contributed by atoms with Gasteiger partial charge in [-0.1, -0.05) is 19.8 Å². The summed E-state index contributed by atoms with van der Waals surface area (Å²) in [4.78, 5) is 10.9. The monoisotopic (exact) mass is 170 g/mol. The minimum absolute atomic E-state index is 0.119. The van der Waals surface area contributed by atoms with Crippen LogP contribution in [0.15, 0.2) is 0 Å². The highest BCUT2D eigenvalue weighted by Gasteiger charge is 2.31. The summed E-state index contributed by atoms with van der Waals surface area (Å²) in [7, 11) is 0. The van der Waals surface area contributed by atoms with Crippen molar-refractivity contribution < 1.29 is 4.79 Å². The fourth-order valence-corrected chi connectivity index (χ4v) is 1.55. The van der Waals surface area contributed by atoms with Crippen molar-refractivity contribution in [2.45, 2.75) is 45.2 Å². The number of carbonyl (C=O) groups excluding carboxylic acids is 1. The summed E-state index contributed by atoms with van der Waals surface area (Å²) in [6.07, 6.45) is 4.68. The van der Waals surface area contributed by atoms with Gasteiger partial charge in [-0.2, -0.15) is 0 Å². The second-order valence-corrected chi connectivity index (χ2v) is 3.69. The zero-order valence-electron chi connectivity index (χ0n) is 7.94. The Balaban J connectivity index is 2.25. The Morgan fingerprint density at radius 2 is 2.25 bits per heavy atom. The molecule has 0 bridgehead atoms. The van der Waals surface area contributed by atoms with Crippen molar-refractivity contribution in [3.05, 3.63) is 0 Å². The molecule has 1 saturated heterocycles. The molecule has 1 aliphatic heterocycles. The van der Waals surface area contributed by atoms with Crippen LogP contribution in [0.2, 0.25) is 0 Å². The lowest BCUT2D eigenvalue weighted by molar-refractivity contribution is -0.118. The lowest BCUT2D eigenvalue weighted by Gasteiger charge is -2.23. The highest BCUT2D eigenvalue weighted by molar-refractivity contribution is 5.81. The first-order valence-corrected chi connectivity index (χ1v) is 4.72. The maximum Gasteiger partial charge on any atom is 0.235 e. The molecule has 1 rings (SSSR count). The molecular formula is C9H18N2O. The van der Waals surface area contributed by atoms with Crippen LogP contribution in [0.4, 0.5) is 0 Å². The van der Waals surface area contributed by atoms with Crippen molar-refractivity contribution in [3.8, 4) is 0 Å². The molecule has 1 atom stereocenters. The molecule has 0 spiro atoms. The van der Waals surface area contributed by atoms with Crippen LogP contribution in [0.5, 0.6) is 0 Å². The maximum atomic E-state index is 10.9. The Hall–Kier alpha value is -0.570. The summed E-state index contributed by atoms with van der Waals surface area (Å²) in [5, 5.41) is 6.12. The summed E-state index contributed by atoms with van der Waals surface area (Å²) in [6, 6.07) is 0. The van der Waals surface area contributed by atoms with E-state index < -0.39 is 0 Å². The molecule has 0 aromatic heterocycles. The Bertz CT molecular complexity index is 170. The summed E-state index contributed by atoms with van der Waals surface area (Å²) < 4.78 is 0. The van der Waals surface area contributed by atoms with E-state index >= 15 is 0 Å². The number of hydrogen-bond acceptors (Lipinski definition) is 2. The van der Waals surface area contributed by atoms with Crippen molar-refractivity contribution in [1.82, 2.24) is 10.6 Å². The Morgan fingerprint density at radius 1 is 1.50 bits per heavy atom. The normalized spacial score (nSPS) is 29.0. The van der Waals surface area contributed by atoms with E-state index in [-0.39, 0.29) is 11.6 Å². The van der Waals surface area contributed by atoms with Crippen LogP contribution >= 0.6 is 0 Å². The van der Waals surface area contributed by atoms with Crippen molar-refractivity contribution in [2.75, 3.05) is 6.54 Å². The van der Waals surface area contributed by atoms with Crippen LogP contribution in [0.1, 0.15) is 39.5 Å². The minimum atomic E-state index is -0.133. The largest absolute Gasteiger partial charge is 0.337 e. The number of rotatable bonds is 4. The summed E-state index contributed by atoms with van der Waals surface area (Å²) in [5.74, 6) is 0.119. The first-order chi connectivity index (χ1) is 5.66. The van der Waals surface area contributed by atoms with Crippen molar-refractivity contribution in [3.63, 3.8) is 0 Å². The maximum absolute atomic E-state index is 10.9. The van der Waals surface area contributed by atoms with Crippen LogP contribution in [-0.2, 0) is 4.79 Å². The van der Waals surface area contributed by atoms with Crippen LogP contribution in [0.25, 0.3) is 0 Å². The van der Waals surface area contributed by atoms with Gasteiger partial charge in [-0.3, -0.25) is 10.1 Å². The predicted octanol–water partition coefficient (Wildman–Crippen LogP) is 1.00. The fourth-order valence-electron chi connectivity index (χ4n) is 1.55. The molecule has 1 unspecified atom stereocenters. The molecule has 0 saturated carbocycles. The number of nitrogens with one attached hydrogen (secondary N) is 2. The van der Waals surface area contributed by atoms with E-state index in [1.165, 1.54) is 19.3 Å². The van der Waals surface area contributed by atoms with Gasteiger partial charge in [0.05, 0.1) is 12.2 Å². The third-order valence-corrected chi connectivity index (χ3v) is 2.33. The number of hydrogen-bond donors (Lipinski definition) is 2. The standard InChI is InChI=1S/C9H18N2O/c1-3-4-5-6-9(2)10-7-8(12)11-9/h10H,3-7H2,1-2H3,(H,11,12). The molecule has 3 nitrogen and oxygen atoms in total. The van der Waals surface area contributed by atoms with Gasteiger partial charge in [0.25, 0.3) is 0 Å². The quantitative estimate of drug-likeness (QED) is 0.618. The van der Waals surface area contributed by atoms with E-state index in [9.17, 15) is 4.79 Å². The van der Waals surface area contributed by atoms with Crippen molar-refractivity contribution >= 4 is 5.91 Å². The Kier molecular flexibility index (Phi) is 3.09. The van der Waals surface area contributed by atoms with Gasteiger partial charge in [0.1, 0.15) is 0 Å². The van der Waals surface area contributed by atoms with E-state index in [0.717, 1.165) is 6.42 Å². The topological polar surface area (TPSA) is 41.1 Å². The molecule has 1 heterocycles. The SMILES string of the molecule is CCCCCC1(C)NCC(=O)N1. The molecule has 1 aliphatic rings. The first-order valence-electron chi connectivity index (χ1n) is 4.72. The zero-order valence-corrected chi connectivity index (χ0v) is 7.94. The molecule has 1 amide bonds. The van der Waals surface area contributed by atoms with Gasteiger partial charge in [0.15, 0.2) is 0 Å². The highest BCUT2D eigenvalue weighted by atomic mass is 16.2. The molecule has 70 valence electrons. The smallest absolute Gasteiger partial charge is 0.235 e. The Labute approximate surface area is 73.9 Å². The first kappa shape index (κ1) is 9.52. The molecule has 0 aliphatic carbocycles. The van der Waals surface area contributed by atoms with E-state index in [1.54, 1.807) is 0 Å². The van der Waals surface area contributed by atoms with Crippen LogP contribution in [-0.4, -0.2) is 18.1 Å². The molecule has 2 N–H and O–H groups in total. The van der Waals surface area contributed by atoms with Gasteiger partial charge in [0.2, 0.25) is 5.91 Å². The number of unbranched alkanes of at least 4 members (excludes halogenated alkanes) is 2. The molecule has 0 aromatic rings. The van der Waals surface area contributed by atoms with Gasteiger partial charge in [-0.05, 0) is 19.8 Å². The minimum Gasteiger partial charge on any atom is -0.337 e. The molecule has 3 heteroatoms. The van der Waals surface area contributed by atoms with E-state index in [2.05, 4.69) is 17.6 Å². The number of carbonyl (C=O) groups is 1. The molecule has 12 heavy (non-hydrogen) atoms. The lowest BCUT2D eigenvalue weighted by atomic mass is 10.1. The van der Waals surface area contributed by atoms with Gasteiger partial charge >= 0.3 is 0 Å². The van der Waals surface area contributed by atoms with Gasteiger partial charge in [0, 0.05) is 0 Å². The zero-order chi connectivity index (χ0) is 9.03. The average molecular weight is 170 g/mol. The van der Waals surface area contributed by atoms with Gasteiger partial charge < -0.3 is 5.32 Å². The van der Waals surface area contributed by atoms with E-state index in [0.29, 0.717) is 6.54 Å². The fraction of sp³-hybridized carbons (Fsp3) is 0.889.